The minimum Gasteiger partial charge on any atom is -0.497 e. The fraction of sp³-hybridized carbons (Fsp3) is 0.385. The van der Waals surface area contributed by atoms with E-state index in [0.29, 0.717) is 17.7 Å². The maximum absolute atomic E-state index is 6.10. The fourth-order valence-corrected chi connectivity index (χ4v) is 2.22. The molecule has 1 fully saturated rings. The highest BCUT2D eigenvalue weighted by Gasteiger charge is 2.30. The number of rotatable bonds is 4. The molecular formula is C13H14ClN3O. The van der Waals surface area contributed by atoms with Gasteiger partial charge in [-0.05, 0) is 42.1 Å². The Morgan fingerprint density at radius 2 is 2.22 bits per heavy atom. The van der Waals surface area contributed by atoms with E-state index in [2.05, 4.69) is 16.3 Å². The Hall–Kier alpha value is -1.55. The van der Waals surface area contributed by atoms with E-state index in [0.717, 1.165) is 17.1 Å². The van der Waals surface area contributed by atoms with E-state index >= 15 is 0 Å². The first-order chi connectivity index (χ1) is 8.78. The topological polar surface area (TPSA) is 39.9 Å². The summed E-state index contributed by atoms with van der Waals surface area (Å²) in [6.07, 6.45) is 2.38. The normalized spacial score (nSPS) is 14.8. The molecule has 0 N–H and O–H groups in total. The molecule has 94 valence electrons. The Bertz CT molecular complexity index is 563. The summed E-state index contributed by atoms with van der Waals surface area (Å²) in [6.45, 7) is 0.689. The second-order valence-corrected chi connectivity index (χ2v) is 4.88. The largest absolute Gasteiger partial charge is 0.497 e. The van der Waals surface area contributed by atoms with E-state index in [1.54, 1.807) is 7.11 Å². The van der Waals surface area contributed by atoms with Crippen LogP contribution in [0.3, 0.4) is 0 Å². The van der Waals surface area contributed by atoms with Crippen LogP contribution in [0.1, 0.15) is 30.1 Å². The van der Waals surface area contributed by atoms with E-state index < -0.39 is 0 Å². The van der Waals surface area contributed by atoms with Crippen LogP contribution in [0.25, 0.3) is 0 Å². The molecule has 0 aliphatic heterocycles. The van der Waals surface area contributed by atoms with Gasteiger partial charge in [0.25, 0.3) is 0 Å². The van der Waals surface area contributed by atoms with Gasteiger partial charge < -0.3 is 4.74 Å². The van der Waals surface area contributed by atoms with Crippen LogP contribution in [-0.4, -0.2) is 21.9 Å². The zero-order chi connectivity index (χ0) is 12.5. The van der Waals surface area contributed by atoms with Crippen molar-refractivity contribution in [1.29, 1.82) is 0 Å². The van der Waals surface area contributed by atoms with Crippen LogP contribution in [0.15, 0.2) is 24.3 Å². The molecule has 0 unspecified atom stereocenters. The highest BCUT2D eigenvalue weighted by molar-refractivity contribution is 6.28. The zero-order valence-corrected chi connectivity index (χ0v) is 10.9. The van der Waals surface area contributed by atoms with Crippen LogP contribution in [0, 0.1) is 0 Å². The van der Waals surface area contributed by atoms with E-state index in [-0.39, 0.29) is 0 Å². The van der Waals surface area contributed by atoms with E-state index in [1.807, 2.05) is 22.8 Å². The van der Waals surface area contributed by atoms with Crippen molar-refractivity contribution in [2.75, 3.05) is 7.11 Å². The molecule has 0 saturated heterocycles. The van der Waals surface area contributed by atoms with Crippen molar-refractivity contribution in [1.82, 2.24) is 14.8 Å². The molecule has 2 aromatic rings. The van der Waals surface area contributed by atoms with Crippen LogP contribution >= 0.6 is 11.6 Å². The third-order valence-corrected chi connectivity index (χ3v) is 3.43. The molecule has 1 aromatic carbocycles. The van der Waals surface area contributed by atoms with Crippen LogP contribution in [0.2, 0.25) is 5.28 Å². The van der Waals surface area contributed by atoms with Crippen molar-refractivity contribution in [2.24, 2.45) is 0 Å². The number of hydrogen-bond donors (Lipinski definition) is 0. The first-order valence-electron chi connectivity index (χ1n) is 5.99. The third-order valence-electron chi connectivity index (χ3n) is 3.15. The summed E-state index contributed by atoms with van der Waals surface area (Å²) in [5, 5.41) is 8.59. The van der Waals surface area contributed by atoms with E-state index in [1.165, 1.54) is 12.8 Å². The van der Waals surface area contributed by atoms with Crippen LogP contribution in [-0.2, 0) is 6.54 Å². The Morgan fingerprint density at radius 1 is 1.39 bits per heavy atom. The van der Waals surface area contributed by atoms with Gasteiger partial charge in [-0.2, -0.15) is 0 Å². The van der Waals surface area contributed by atoms with Gasteiger partial charge in [-0.25, -0.2) is 0 Å². The zero-order valence-electron chi connectivity index (χ0n) is 10.1. The Balaban J connectivity index is 1.89. The van der Waals surface area contributed by atoms with Gasteiger partial charge in [-0.3, -0.25) is 4.57 Å². The predicted molar refractivity (Wildman–Crippen MR) is 69.1 cm³/mol. The monoisotopic (exact) mass is 263 g/mol. The lowest BCUT2D eigenvalue weighted by molar-refractivity contribution is 0.414. The molecule has 1 aliphatic carbocycles. The molecule has 1 heterocycles. The second-order valence-electron chi connectivity index (χ2n) is 4.54. The predicted octanol–water partition coefficient (Wildman–Crippen LogP) is 2.87. The SMILES string of the molecule is COc1cccc(Cn2c(Cl)nnc2C2CC2)c1. The third kappa shape index (κ3) is 2.20. The van der Waals surface area contributed by atoms with Crippen molar-refractivity contribution >= 4 is 11.6 Å². The van der Waals surface area contributed by atoms with Gasteiger partial charge in [-0.1, -0.05) is 12.1 Å². The fourth-order valence-electron chi connectivity index (χ4n) is 2.04. The number of nitrogens with zero attached hydrogens (tertiary/aromatic N) is 3. The van der Waals surface area contributed by atoms with Crippen molar-refractivity contribution in [3.63, 3.8) is 0 Å². The lowest BCUT2D eigenvalue weighted by Gasteiger charge is -2.08. The molecule has 0 radical (unpaired) electrons. The summed E-state index contributed by atoms with van der Waals surface area (Å²) in [5.74, 6) is 2.39. The summed E-state index contributed by atoms with van der Waals surface area (Å²) in [7, 11) is 1.67. The van der Waals surface area contributed by atoms with Gasteiger partial charge in [0.1, 0.15) is 11.6 Å². The van der Waals surface area contributed by atoms with E-state index in [9.17, 15) is 0 Å². The maximum Gasteiger partial charge on any atom is 0.225 e. The van der Waals surface area contributed by atoms with Crippen molar-refractivity contribution in [2.45, 2.75) is 25.3 Å². The molecule has 0 amide bonds. The first kappa shape index (κ1) is 11.5. The number of hydrogen-bond acceptors (Lipinski definition) is 3. The van der Waals surface area contributed by atoms with Crippen molar-refractivity contribution in [3.8, 4) is 5.75 Å². The molecule has 1 aromatic heterocycles. The number of benzene rings is 1. The molecule has 4 nitrogen and oxygen atoms in total. The highest BCUT2D eigenvalue weighted by Crippen LogP contribution is 2.39. The summed E-state index contributed by atoms with van der Waals surface area (Å²) in [6, 6.07) is 7.96. The molecule has 1 aliphatic rings. The smallest absolute Gasteiger partial charge is 0.225 e. The van der Waals surface area contributed by atoms with Gasteiger partial charge >= 0.3 is 0 Å². The summed E-state index contributed by atoms with van der Waals surface area (Å²) >= 11 is 6.10. The quantitative estimate of drug-likeness (QED) is 0.852. The maximum atomic E-state index is 6.10. The second kappa shape index (κ2) is 4.61. The number of halogens is 1. The molecule has 1 saturated carbocycles. The Kier molecular flexibility index (Phi) is 2.96. The van der Waals surface area contributed by atoms with E-state index in [4.69, 9.17) is 16.3 Å². The summed E-state index contributed by atoms with van der Waals surface area (Å²) < 4.78 is 7.20. The molecule has 0 atom stereocenters. The van der Waals surface area contributed by atoms with Crippen LogP contribution < -0.4 is 4.74 Å². The molecule has 0 bridgehead atoms. The minimum atomic E-state index is 0.458. The lowest BCUT2D eigenvalue weighted by Crippen LogP contribution is -2.04. The van der Waals surface area contributed by atoms with Gasteiger partial charge in [0.15, 0.2) is 0 Å². The van der Waals surface area contributed by atoms with Crippen LogP contribution in [0.5, 0.6) is 5.75 Å². The molecule has 3 rings (SSSR count). The Morgan fingerprint density at radius 3 is 2.94 bits per heavy atom. The lowest BCUT2D eigenvalue weighted by atomic mass is 10.2. The average molecular weight is 264 g/mol. The molecule has 5 heteroatoms. The summed E-state index contributed by atoms with van der Waals surface area (Å²) in [4.78, 5) is 0. The van der Waals surface area contributed by atoms with Crippen LogP contribution in [0.4, 0.5) is 0 Å². The molecule has 0 spiro atoms. The minimum absolute atomic E-state index is 0.458. The van der Waals surface area contributed by atoms with Crippen molar-refractivity contribution in [3.05, 3.63) is 40.9 Å². The van der Waals surface area contributed by atoms with Gasteiger partial charge in [0, 0.05) is 5.92 Å². The molecule has 18 heavy (non-hydrogen) atoms. The highest BCUT2D eigenvalue weighted by atomic mass is 35.5. The number of aromatic nitrogens is 3. The number of methoxy groups -OCH3 is 1. The Labute approximate surface area is 111 Å². The standard InChI is InChI=1S/C13H14ClN3O/c1-18-11-4-2-3-9(7-11)8-17-12(10-5-6-10)15-16-13(17)14/h2-4,7,10H,5-6,8H2,1H3. The first-order valence-corrected chi connectivity index (χ1v) is 6.37. The van der Waals surface area contributed by atoms with Crippen molar-refractivity contribution < 1.29 is 4.74 Å². The van der Waals surface area contributed by atoms with Gasteiger partial charge in [0.05, 0.1) is 13.7 Å². The molecular weight excluding hydrogens is 250 g/mol. The van der Waals surface area contributed by atoms with Gasteiger partial charge in [-0.15, -0.1) is 10.2 Å². The average Bonchev–Trinajstić information content (AvgIpc) is 3.17. The summed E-state index contributed by atoms with van der Waals surface area (Å²) in [5.41, 5.74) is 1.14. The number of ether oxygens (including phenoxy) is 1. The van der Waals surface area contributed by atoms with Gasteiger partial charge in [0.2, 0.25) is 5.28 Å².